The number of piperidine rings is 1. The smallest absolute Gasteiger partial charge is 0.282 e. The standard InChI is InChI=1S/C11H11FN2O4S/c1-17-9-6-4-14(18-7(6)5-19-9)11(12)3-2-8(15)13-10(11)16/h5H,2-4H2,1H3,(H,13,15,16)/t11-/m0/s1. The van der Waals surface area contributed by atoms with Crippen LogP contribution in [0.2, 0.25) is 0 Å². The van der Waals surface area contributed by atoms with Gasteiger partial charge in [-0.05, 0) is 0 Å². The number of methoxy groups -OCH3 is 1. The number of nitrogens with one attached hydrogen (secondary N) is 1. The summed E-state index contributed by atoms with van der Waals surface area (Å²) in [4.78, 5) is 28.1. The number of hydrogen-bond donors (Lipinski definition) is 1. The molecular formula is C11H11FN2O4S. The molecule has 2 aliphatic rings. The summed E-state index contributed by atoms with van der Waals surface area (Å²) in [6, 6.07) is 0. The van der Waals surface area contributed by atoms with Crippen molar-refractivity contribution in [2.24, 2.45) is 0 Å². The molecule has 2 amide bonds. The highest BCUT2D eigenvalue weighted by Gasteiger charge is 2.52. The number of carbonyl (C=O) groups excluding carboxylic acids is 2. The second-order valence-corrected chi connectivity index (χ2v) is 5.18. The molecule has 0 aliphatic carbocycles. The van der Waals surface area contributed by atoms with Crippen molar-refractivity contribution in [3.8, 4) is 10.8 Å². The van der Waals surface area contributed by atoms with Crippen LogP contribution in [0.25, 0.3) is 0 Å². The van der Waals surface area contributed by atoms with Crippen LogP contribution in [0, 0.1) is 0 Å². The monoisotopic (exact) mass is 286 g/mol. The van der Waals surface area contributed by atoms with E-state index in [-0.39, 0.29) is 19.4 Å². The van der Waals surface area contributed by atoms with Crippen molar-refractivity contribution >= 4 is 23.2 Å². The van der Waals surface area contributed by atoms with E-state index in [1.54, 1.807) is 5.38 Å². The summed E-state index contributed by atoms with van der Waals surface area (Å²) in [5.74, 6) is -3.28. The first-order valence-electron chi connectivity index (χ1n) is 5.68. The van der Waals surface area contributed by atoms with Gasteiger partial charge in [-0.2, -0.15) is 0 Å². The van der Waals surface area contributed by atoms with Crippen LogP contribution in [-0.4, -0.2) is 29.8 Å². The lowest BCUT2D eigenvalue weighted by Crippen LogP contribution is -2.60. The summed E-state index contributed by atoms with van der Waals surface area (Å²) in [6.45, 7) is 0.111. The average molecular weight is 286 g/mol. The van der Waals surface area contributed by atoms with E-state index in [2.05, 4.69) is 0 Å². The van der Waals surface area contributed by atoms with E-state index >= 15 is 0 Å². The zero-order chi connectivity index (χ0) is 13.6. The van der Waals surface area contributed by atoms with Gasteiger partial charge in [0.25, 0.3) is 11.7 Å². The lowest BCUT2D eigenvalue weighted by molar-refractivity contribution is -0.208. The van der Waals surface area contributed by atoms with Crippen molar-refractivity contribution in [3.63, 3.8) is 0 Å². The Morgan fingerprint density at radius 3 is 3.05 bits per heavy atom. The number of nitrogens with zero attached hydrogens (tertiary/aromatic N) is 1. The second kappa shape index (κ2) is 4.17. The summed E-state index contributed by atoms with van der Waals surface area (Å²) in [6.07, 6.45) is -0.264. The molecule has 3 heterocycles. The van der Waals surface area contributed by atoms with Crippen LogP contribution >= 0.6 is 11.3 Å². The molecule has 2 aliphatic heterocycles. The number of rotatable bonds is 2. The Kier molecular flexibility index (Phi) is 2.72. The Balaban J connectivity index is 1.84. The number of ether oxygens (including phenoxy) is 1. The Hall–Kier alpha value is -1.67. The summed E-state index contributed by atoms with van der Waals surface area (Å²) in [5.41, 5.74) is 0.717. The Morgan fingerprint density at radius 2 is 2.37 bits per heavy atom. The van der Waals surface area contributed by atoms with E-state index in [1.165, 1.54) is 18.4 Å². The van der Waals surface area contributed by atoms with Gasteiger partial charge in [0.1, 0.15) is 0 Å². The molecular weight excluding hydrogens is 275 g/mol. The van der Waals surface area contributed by atoms with E-state index in [0.29, 0.717) is 16.4 Å². The van der Waals surface area contributed by atoms with Crippen molar-refractivity contribution in [3.05, 3.63) is 10.9 Å². The highest BCUT2D eigenvalue weighted by atomic mass is 32.1. The van der Waals surface area contributed by atoms with Gasteiger partial charge in [-0.15, -0.1) is 11.3 Å². The maximum atomic E-state index is 14.7. The minimum absolute atomic E-state index is 0.0495. The molecule has 0 bridgehead atoms. The normalized spacial score (nSPS) is 26.8. The lowest BCUT2D eigenvalue weighted by Gasteiger charge is -2.33. The SMILES string of the molecule is COc1scc2c1CN([C@@]1(F)CCC(=O)NC1=O)O2. The largest absolute Gasteiger partial charge is 0.487 e. The summed E-state index contributed by atoms with van der Waals surface area (Å²) < 4.78 is 19.9. The average Bonchev–Trinajstić information content (AvgIpc) is 2.94. The summed E-state index contributed by atoms with van der Waals surface area (Å²) in [7, 11) is 1.52. The molecule has 1 N–H and O–H groups in total. The zero-order valence-electron chi connectivity index (χ0n) is 10.1. The van der Waals surface area contributed by atoms with Gasteiger partial charge in [-0.25, -0.2) is 4.39 Å². The van der Waals surface area contributed by atoms with Gasteiger partial charge in [-0.3, -0.25) is 14.9 Å². The maximum absolute atomic E-state index is 14.7. The lowest BCUT2D eigenvalue weighted by atomic mass is 10.0. The molecule has 1 fully saturated rings. The van der Waals surface area contributed by atoms with E-state index in [4.69, 9.17) is 9.57 Å². The number of thiophene rings is 1. The third-order valence-electron chi connectivity index (χ3n) is 3.19. The molecule has 19 heavy (non-hydrogen) atoms. The zero-order valence-corrected chi connectivity index (χ0v) is 10.9. The molecule has 1 aromatic rings. The van der Waals surface area contributed by atoms with Crippen LogP contribution in [0.4, 0.5) is 4.39 Å². The number of hydroxylamine groups is 2. The van der Waals surface area contributed by atoms with E-state index < -0.39 is 17.6 Å². The van der Waals surface area contributed by atoms with Crippen molar-refractivity contribution < 1.29 is 23.6 Å². The minimum Gasteiger partial charge on any atom is -0.487 e. The number of halogens is 1. The number of carbonyl (C=O) groups is 2. The summed E-state index contributed by atoms with van der Waals surface area (Å²) >= 11 is 1.35. The van der Waals surface area contributed by atoms with Crippen LogP contribution in [-0.2, 0) is 16.1 Å². The first-order chi connectivity index (χ1) is 9.04. The first-order valence-corrected chi connectivity index (χ1v) is 6.55. The molecule has 8 heteroatoms. The third-order valence-corrected chi connectivity index (χ3v) is 4.15. The predicted molar refractivity (Wildman–Crippen MR) is 63.3 cm³/mol. The molecule has 0 radical (unpaired) electrons. The molecule has 3 rings (SSSR count). The van der Waals surface area contributed by atoms with Gasteiger partial charge < -0.3 is 9.57 Å². The van der Waals surface area contributed by atoms with Gasteiger partial charge in [0, 0.05) is 18.2 Å². The quantitative estimate of drug-likeness (QED) is 0.648. The van der Waals surface area contributed by atoms with E-state index in [1.807, 2.05) is 5.32 Å². The Labute approximate surface area is 112 Å². The van der Waals surface area contributed by atoms with Gasteiger partial charge in [0.15, 0.2) is 10.8 Å². The number of imide groups is 1. The molecule has 0 unspecified atom stereocenters. The molecule has 6 nitrogen and oxygen atoms in total. The van der Waals surface area contributed by atoms with Crippen LogP contribution in [0.5, 0.6) is 10.8 Å². The molecule has 0 saturated carbocycles. The number of hydrogen-bond acceptors (Lipinski definition) is 6. The van der Waals surface area contributed by atoms with Gasteiger partial charge in [-0.1, -0.05) is 5.06 Å². The van der Waals surface area contributed by atoms with Crippen molar-refractivity contribution in [1.29, 1.82) is 0 Å². The number of fused-ring (bicyclic) bond motifs is 1. The van der Waals surface area contributed by atoms with E-state index in [9.17, 15) is 14.0 Å². The molecule has 1 saturated heterocycles. The third kappa shape index (κ3) is 1.79. The molecule has 0 spiro atoms. The highest BCUT2D eigenvalue weighted by Crippen LogP contribution is 2.44. The summed E-state index contributed by atoms with van der Waals surface area (Å²) in [5, 5.41) is 5.29. The first kappa shape index (κ1) is 12.4. The van der Waals surface area contributed by atoms with Crippen molar-refractivity contribution in [1.82, 2.24) is 10.4 Å². The Bertz CT molecular complexity index is 561. The molecule has 1 aromatic heterocycles. The van der Waals surface area contributed by atoms with E-state index in [0.717, 1.165) is 5.06 Å². The topological polar surface area (TPSA) is 67.9 Å². The van der Waals surface area contributed by atoms with Crippen molar-refractivity contribution in [2.45, 2.75) is 25.2 Å². The van der Waals surface area contributed by atoms with Gasteiger partial charge in [0.05, 0.1) is 19.2 Å². The van der Waals surface area contributed by atoms with Crippen LogP contribution in [0.3, 0.4) is 0 Å². The minimum atomic E-state index is -2.32. The van der Waals surface area contributed by atoms with Crippen molar-refractivity contribution in [2.75, 3.05) is 7.11 Å². The van der Waals surface area contributed by atoms with Crippen LogP contribution in [0.1, 0.15) is 18.4 Å². The fraction of sp³-hybridized carbons (Fsp3) is 0.455. The molecule has 102 valence electrons. The fourth-order valence-corrected chi connectivity index (χ4v) is 2.95. The fourth-order valence-electron chi connectivity index (χ4n) is 2.15. The number of amides is 2. The van der Waals surface area contributed by atoms with Crippen LogP contribution < -0.4 is 14.9 Å². The van der Waals surface area contributed by atoms with Crippen LogP contribution in [0.15, 0.2) is 5.38 Å². The molecule has 0 aromatic carbocycles. The number of alkyl halides is 1. The van der Waals surface area contributed by atoms with Gasteiger partial charge in [0.2, 0.25) is 5.91 Å². The second-order valence-electron chi connectivity index (χ2n) is 4.33. The van der Waals surface area contributed by atoms with Gasteiger partial charge >= 0.3 is 0 Å². The highest BCUT2D eigenvalue weighted by molar-refractivity contribution is 7.12. The maximum Gasteiger partial charge on any atom is 0.282 e. The predicted octanol–water partition coefficient (Wildman–Crippen LogP) is 0.968. The molecule has 1 atom stereocenters. The Morgan fingerprint density at radius 1 is 1.58 bits per heavy atom.